The van der Waals surface area contributed by atoms with Gasteiger partial charge in [-0.3, -0.25) is 4.57 Å². The van der Waals surface area contributed by atoms with Crippen molar-refractivity contribution >= 4 is 44.6 Å². The van der Waals surface area contributed by atoms with Gasteiger partial charge < -0.3 is 22.0 Å². The summed E-state index contributed by atoms with van der Waals surface area (Å²) in [6.45, 7) is 22.7. The van der Waals surface area contributed by atoms with Crippen LogP contribution in [0.3, 0.4) is 0 Å². The van der Waals surface area contributed by atoms with E-state index in [-0.39, 0.29) is 44.7 Å². The largest absolute Gasteiger partial charge is 0.493 e. The zero-order valence-electron chi connectivity index (χ0n) is 40.3. The molecule has 342 valence electrons. The topological polar surface area (TPSA) is 33.5 Å². The quantitative estimate of drug-likeness (QED) is 0.149. The smallest absolute Gasteiger partial charge is 0.137 e. The number of pyridine rings is 1. The first-order valence-corrected chi connectivity index (χ1v) is 22.7. The van der Waals surface area contributed by atoms with Crippen molar-refractivity contribution in [3.8, 4) is 39.6 Å². The van der Waals surface area contributed by atoms with Gasteiger partial charge in [-0.05, 0) is 104 Å². The third-order valence-corrected chi connectivity index (χ3v) is 12.7. The fraction of sp³-hybridized carbons (Fsp3) is 0.197. The van der Waals surface area contributed by atoms with Crippen LogP contribution in [0.15, 0.2) is 170 Å². The van der Waals surface area contributed by atoms with Gasteiger partial charge in [-0.15, -0.1) is 30.6 Å². The Hall–Kier alpha value is -6.42. The van der Waals surface area contributed by atoms with Gasteiger partial charge in [-0.2, -0.15) is 6.07 Å². The Labute approximate surface area is 412 Å². The van der Waals surface area contributed by atoms with Gasteiger partial charge in [0.2, 0.25) is 0 Å². The first kappa shape index (κ1) is 47.1. The van der Waals surface area contributed by atoms with E-state index in [4.69, 9.17) is 9.72 Å². The maximum atomic E-state index is 6.80. The maximum absolute atomic E-state index is 6.80. The number of benzene rings is 7. The molecule has 0 N–H and O–H groups in total. The fourth-order valence-electron chi connectivity index (χ4n) is 8.96. The summed E-state index contributed by atoms with van der Waals surface area (Å²) in [4.78, 5) is 9.56. The van der Waals surface area contributed by atoms with Gasteiger partial charge >= 0.3 is 0 Å². The molecule has 1 aliphatic rings. The van der Waals surface area contributed by atoms with Crippen LogP contribution in [0.2, 0.25) is 0 Å². The Morgan fingerprint density at radius 3 is 1.85 bits per heavy atom. The van der Waals surface area contributed by atoms with Crippen LogP contribution in [-0.2, 0) is 37.3 Å². The van der Waals surface area contributed by atoms with Crippen molar-refractivity contribution in [2.24, 2.45) is 0 Å². The molecule has 0 aliphatic carbocycles. The van der Waals surface area contributed by atoms with E-state index in [0.717, 1.165) is 67.2 Å². The van der Waals surface area contributed by atoms with E-state index >= 15 is 0 Å². The third-order valence-electron chi connectivity index (χ3n) is 12.7. The number of ether oxygens (including phenoxy) is 1. The molecule has 0 unspecified atom stereocenters. The number of rotatable bonds is 7. The molecule has 67 heavy (non-hydrogen) atoms. The predicted octanol–water partition coefficient (Wildman–Crippen LogP) is 16.9. The van der Waals surface area contributed by atoms with E-state index in [0.29, 0.717) is 5.75 Å². The molecule has 3 heterocycles. The number of para-hydroxylation sites is 1. The molecule has 0 spiro atoms. The molecule has 0 saturated heterocycles. The summed E-state index contributed by atoms with van der Waals surface area (Å²) in [6.07, 6.45) is 1.93. The Kier molecular flexibility index (Phi) is 12.6. The average molecular weight is 1060 g/mol. The number of nitrogens with zero attached hydrogens (tertiary/aromatic N) is 4. The van der Waals surface area contributed by atoms with E-state index in [1.165, 1.54) is 27.8 Å². The molecule has 6 heteroatoms. The van der Waals surface area contributed by atoms with Crippen LogP contribution in [0.5, 0.6) is 11.5 Å². The van der Waals surface area contributed by atoms with Crippen molar-refractivity contribution in [1.29, 1.82) is 0 Å². The minimum atomic E-state index is -0.0364. The zero-order chi connectivity index (χ0) is 45.3. The second-order valence-electron chi connectivity index (χ2n) is 20.4. The van der Waals surface area contributed by atoms with Crippen LogP contribution in [-0.4, -0.2) is 9.55 Å². The van der Waals surface area contributed by atoms with Crippen molar-refractivity contribution in [1.82, 2.24) is 9.55 Å². The molecule has 7 aromatic carbocycles. The summed E-state index contributed by atoms with van der Waals surface area (Å²) >= 11 is 0. The molecule has 10 rings (SSSR count). The number of hydrogen-bond donors (Lipinski definition) is 0. The zero-order valence-corrected chi connectivity index (χ0v) is 42.5. The summed E-state index contributed by atoms with van der Waals surface area (Å²) in [6, 6.07) is 62.2. The molecule has 0 radical (unpaired) electrons. The summed E-state index contributed by atoms with van der Waals surface area (Å²) in [5.41, 5.74) is 14.7. The van der Waals surface area contributed by atoms with E-state index in [2.05, 4.69) is 247 Å². The molecule has 0 atom stereocenters. The van der Waals surface area contributed by atoms with Crippen LogP contribution in [0.25, 0.3) is 49.9 Å². The molecular formula is C61H59N4OPt-3. The summed E-state index contributed by atoms with van der Waals surface area (Å²) in [5, 5.41) is 2.29. The Morgan fingerprint density at radius 2 is 1.18 bits per heavy atom. The molecule has 0 bridgehead atoms. The standard InChI is InChI=1S/C60H56N4O.CH3.Pt/c1-58(2,3)43-30-31-61-56(36-43)64-53-29-26-42(40-18-12-10-13-19-40)32-52(53)51-28-27-49(38-55(51)64)65-48-23-16-22-46(37-48)62-39-63(47-34-44(59(4,5)6)33-45(35-47)60(7,8)9)57-50(24-17-25-54(57)62)41-20-14-11-15-21-41;;/h10-36,38-39H,1-9H3;1H3;/q-2;-1;. The van der Waals surface area contributed by atoms with Crippen molar-refractivity contribution < 1.29 is 25.8 Å². The molecule has 1 aliphatic heterocycles. The van der Waals surface area contributed by atoms with E-state index < -0.39 is 0 Å². The minimum absolute atomic E-state index is 0. The van der Waals surface area contributed by atoms with Gasteiger partial charge in [-0.1, -0.05) is 147 Å². The van der Waals surface area contributed by atoms with Gasteiger partial charge in [0, 0.05) is 72.5 Å². The Bertz CT molecular complexity index is 3190. The average Bonchev–Trinajstić information content (AvgIpc) is 3.85. The van der Waals surface area contributed by atoms with Gasteiger partial charge in [-0.25, -0.2) is 4.98 Å². The number of aromatic nitrogens is 2. The van der Waals surface area contributed by atoms with Crippen LogP contribution in [0, 0.1) is 20.2 Å². The predicted molar refractivity (Wildman–Crippen MR) is 279 cm³/mol. The number of fused-ring (bicyclic) bond motifs is 4. The number of anilines is 4. The molecule has 9 aromatic rings. The molecular weight excluding hydrogens is 1000 g/mol. The van der Waals surface area contributed by atoms with Gasteiger partial charge in [0.15, 0.2) is 0 Å². The van der Waals surface area contributed by atoms with Crippen molar-refractivity contribution in [3.63, 3.8) is 0 Å². The maximum Gasteiger partial charge on any atom is 0.137 e. The summed E-state index contributed by atoms with van der Waals surface area (Å²) in [5.74, 6) is 2.22. The second-order valence-corrected chi connectivity index (χ2v) is 20.4. The van der Waals surface area contributed by atoms with Crippen LogP contribution in [0.1, 0.15) is 79.0 Å². The second kappa shape index (κ2) is 18.0. The van der Waals surface area contributed by atoms with Crippen molar-refractivity contribution in [3.05, 3.63) is 207 Å². The molecule has 0 saturated carbocycles. The SMILES string of the molecule is CC(C)(C)c1cc(N2[CH-]N(c3[c-]c(Oc4ccc5c6cc(-c7ccccc7)ccc6n(-c6cc(C(C)(C)C)ccn6)c5c4)ccc3)c3cccc(-c4ccccc4)c32)cc(C(C)(C)C)c1.[CH3-].[Pt]. The van der Waals surface area contributed by atoms with E-state index in [1.54, 1.807) is 0 Å². The first-order chi connectivity index (χ1) is 31.1. The first-order valence-electron chi connectivity index (χ1n) is 22.7. The molecule has 0 fully saturated rings. The van der Waals surface area contributed by atoms with Crippen LogP contribution < -0.4 is 14.5 Å². The van der Waals surface area contributed by atoms with Crippen LogP contribution >= 0.6 is 0 Å². The van der Waals surface area contributed by atoms with E-state index in [9.17, 15) is 0 Å². The normalized spacial score (nSPS) is 12.8. The van der Waals surface area contributed by atoms with Gasteiger partial charge in [0.05, 0.1) is 11.0 Å². The van der Waals surface area contributed by atoms with Crippen LogP contribution in [0.4, 0.5) is 22.7 Å². The van der Waals surface area contributed by atoms with Crippen molar-refractivity contribution in [2.75, 3.05) is 9.80 Å². The summed E-state index contributed by atoms with van der Waals surface area (Å²) < 4.78 is 9.07. The van der Waals surface area contributed by atoms with Crippen molar-refractivity contribution in [2.45, 2.75) is 78.6 Å². The van der Waals surface area contributed by atoms with Gasteiger partial charge in [0.25, 0.3) is 0 Å². The van der Waals surface area contributed by atoms with Gasteiger partial charge in [0.1, 0.15) is 11.6 Å². The summed E-state index contributed by atoms with van der Waals surface area (Å²) in [7, 11) is 0. The fourth-order valence-corrected chi connectivity index (χ4v) is 8.96. The Balaban J connectivity index is 0.00000304. The molecule has 2 aromatic heterocycles. The van der Waals surface area contributed by atoms with E-state index in [1.807, 2.05) is 12.3 Å². The Morgan fingerprint density at radius 1 is 0.522 bits per heavy atom. The molecule has 5 nitrogen and oxygen atoms in total. The third kappa shape index (κ3) is 9.07. The monoisotopic (exact) mass is 1060 g/mol. The minimum Gasteiger partial charge on any atom is -0.493 e. The number of hydrogen-bond acceptors (Lipinski definition) is 4. The molecule has 0 amide bonds.